The Morgan fingerprint density at radius 1 is 1.05 bits per heavy atom. The molecule has 0 saturated carbocycles. The largest absolute Gasteiger partial charge is 0.383 e. The highest BCUT2D eigenvalue weighted by molar-refractivity contribution is 5.57. The molecule has 1 unspecified atom stereocenters. The Morgan fingerprint density at radius 2 is 1.80 bits per heavy atom. The number of piperidine rings is 1. The van der Waals surface area contributed by atoms with E-state index in [9.17, 15) is 0 Å². The van der Waals surface area contributed by atoms with E-state index < -0.39 is 0 Å². The lowest BCUT2D eigenvalue weighted by Gasteiger charge is -2.32. The highest BCUT2D eigenvalue weighted by atomic mass is 15.3. The number of hydrogen-bond donors (Lipinski definition) is 1. The van der Waals surface area contributed by atoms with Gasteiger partial charge in [0.1, 0.15) is 17.5 Å². The van der Waals surface area contributed by atoms with Crippen molar-refractivity contribution in [2.45, 2.75) is 45.6 Å². The Hall–Kier alpha value is -1.36. The smallest absolute Gasteiger partial charge is 0.137 e. The maximum atomic E-state index is 5.98. The van der Waals surface area contributed by atoms with Crippen LogP contribution in [-0.4, -0.2) is 47.1 Å². The fourth-order valence-electron chi connectivity index (χ4n) is 3.46. The van der Waals surface area contributed by atoms with Crippen LogP contribution in [0.2, 0.25) is 0 Å². The van der Waals surface area contributed by atoms with Crippen LogP contribution in [0.25, 0.3) is 0 Å². The quantitative estimate of drug-likeness (QED) is 0.891. The molecule has 1 aromatic rings. The van der Waals surface area contributed by atoms with E-state index in [1.54, 1.807) is 0 Å². The van der Waals surface area contributed by atoms with Crippen molar-refractivity contribution in [2.75, 3.05) is 36.8 Å². The molecule has 2 N–H and O–H groups in total. The van der Waals surface area contributed by atoms with Gasteiger partial charge in [-0.05, 0) is 46.2 Å². The van der Waals surface area contributed by atoms with Crippen molar-refractivity contribution in [2.24, 2.45) is 0 Å². The van der Waals surface area contributed by atoms with Gasteiger partial charge >= 0.3 is 0 Å². The molecule has 3 heterocycles. The van der Waals surface area contributed by atoms with Crippen molar-refractivity contribution < 1.29 is 0 Å². The van der Waals surface area contributed by atoms with E-state index in [2.05, 4.69) is 19.8 Å². The SMILES string of the molecule is Cc1nc(N)c(C)c(N2CCC(N3CCCCC3)C2)n1. The van der Waals surface area contributed by atoms with E-state index in [-0.39, 0.29) is 0 Å². The summed E-state index contributed by atoms with van der Waals surface area (Å²) in [5.74, 6) is 2.42. The first-order valence-electron chi connectivity index (χ1n) is 7.75. The van der Waals surface area contributed by atoms with Gasteiger partial charge in [-0.25, -0.2) is 9.97 Å². The number of aromatic nitrogens is 2. The zero-order valence-corrected chi connectivity index (χ0v) is 12.6. The second-order valence-electron chi connectivity index (χ2n) is 6.09. The number of aryl methyl sites for hydroxylation is 1. The number of hydrogen-bond acceptors (Lipinski definition) is 5. The molecule has 2 aliphatic heterocycles. The molecule has 1 atom stereocenters. The average molecular weight is 275 g/mol. The first-order chi connectivity index (χ1) is 9.65. The van der Waals surface area contributed by atoms with Crippen molar-refractivity contribution in [1.29, 1.82) is 0 Å². The zero-order valence-electron chi connectivity index (χ0n) is 12.6. The molecule has 5 nitrogen and oxygen atoms in total. The number of likely N-dealkylation sites (tertiary alicyclic amines) is 1. The Morgan fingerprint density at radius 3 is 2.55 bits per heavy atom. The third-order valence-corrected chi connectivity index (χ3v) is 4.64. The van der Waals surface area contributed by atoms with Gasteiger partial charge in [0.2, 0.25) is 0 Å². The first kappa shape index (κ1) is 13.6. The van der Waals surface area contributed by atoms with Crippen LogP contribution in [0, 0.1) is 13.8 Å². The molecule has 2 fully saturated rings. The van der Waals surface area contributed by atoms with Crippen LogP contribution in [-0.2, 0) is 0 Å². The molecule has 0 radical (unpaired) electrons. The number of rotatable bonds is 2. The van der Waals surface area contributed by atoms with Crippen molar-refractivity contribution >= 4 is 11.6 Å². The van der Waals surface area contributed by atoms with E-state index in [1.165, 1.54) is 38.8 Å². The summed E-state index contributed by atoms with van der Waals surface area (Å²) in [6.07, 6.45) is 5.35. The molecule has 1 aromatic heterocycles. The predicted octanol–water partition coefficient (Wildman–Crippen LogP) is 1.74. The van der Waals surface area contributed by atoms with Crippen molar-refractivity contribution in [1.82, 2.24) is 14.9 Å². The summed E-state index contributed by atoms with van der Waals surface area (Å²) in [6, 6.07) is 0.686. The summed E-state index contributed by atoms with van der Waals surface area (Å²) in [5, 5.41) is 0. The monoisotopic (exact) mass is 275 g/mol. The predicted molar refractivity (Wildman–Crippen MR) is 82.0 cm³/mol. The van der Waals surface area contributed by atoms with Gasteiger partial charge in [-0.3, -0.25) is 4.90 Å². The van der Waals surface area contributed by atoms with Gasteiger partial charge in [0.05, 0.1) is 0 Å². The normalized spacial score (nSPS) is 24.3. The topological polar surface area (TPSA) is 58.3 Å². The fourth-order valence-corrected chi connectivity index (χ4v) is 3.46. The van der Waals surface area contributed by atoms with Gasteiger partial charge in [-0.15, -0.1) is 0 Å². The Balaban J connectivity index is 1.73. The summed E-state index contributed by atoms with van der Waals surface area (Å²) in [6.45, 7) is 8.63. The molecule has 0 amide bonds. The van der Waals surface area contributed by atoms with Gasteiger partial charge in [-0.1, -0.05) is 6.42 Å². The standard InChI is InChI=1S/C15H25N5/c1-11-14(16)17-12(2)18-15(11)20-9-6-13(10-20)19-7-4-3-5-8-19/h13H,3-10H2,1-2H3,(H2,16,17,18). The molecule has 5 heteroatoms. The zero-order chi connectivity index (χ0) is 14.1. The van der Waals surface area contributed by atoms with E-state index >= 15 is 0 Å². The van der Waals surface area contributed by atoms with Crippen LogP contribution < -0.4 is 10.6 Å². The van der Waals surface area contributed by atoms with E-state index in [0.29, 0.717) is 11.9 Å². The third-order valence-electron chi connectivity index (χ3n) is 4.64. The maximum Gasteiger partial charge on any atom is 0.137 e. The number of nitrogen functional groups attached to an aromatic ring is 1. The van der Waals surface area contributed by atoms with Crippen LogP contribution >= 0.6 is 0 Å². The van der Waals surface area contributed by atoms with Crippen molar-refractivity contribution in [3.05, 3.63) is 11.4 Å². The molecule has 0 aromatic carbocycles. The molecule has 0 aliphatic carbocycles. The van der Waals surface area contributed by atoms with Crippen LogP contribution in [0.15, 0.2) is 0 Å². The van der Waals surface area contributed by atoms with Crippen LogP contribution in [0.5, 0.6) is 0 Å². The molecule has 3 rings (SSSR count). The van der Waals surface area contributed by atoms with Gasteiger partial charge in [0, 0.05) is 24.7 Å². The molecule has 20 heavy (non-hydrogen) atoms. The number of nitrogens with zero attached hydrogens (tertiary/aromatic N) is 4. The van der Waals surface area contributed by atoms with Gasteiger partial charge < -0.3 is 10.6 Å². The van der Waals surface area contributed by atoms with Gasteiger partial charge in [0.25, 0.3) is 0 Å². The lowest BCUT2D eigenvalue weighted by atomic mass is 10.1. The molecular formula is C15H25N5. The van der Waals surface area contributed by atoms with Crippen LogP contribution in [0.3, 0.4) is 0 Å². The molecule has 2 saturated heterocycles. The summed E-state index contributed by atoms with van der Waals surface area (Å²) in [4.78, 5) is 13.9. The first-order valence-corrected chi connectivity index (χ1v) is 7.75. The van der Waals surface area contributed by atoms with Gasteiger partial charge in [0.15, 0.2) is 0 Å². The third kappa shape index (κ3) is 2.59. The second-order valence-corrected chi connectivity index (χ2v) is 6.09. The molecular weight excluding hydrogens is 250 g/mol. The minimum Gasteiger partial charge on any atom is -0.383 e. The highest BCUT2D eigenvalue weighted by Gasteiger charge is 2.30. The summed E-state index contributed by atoms with van der Waals surface area (Å²) >= 11 is 0. The lowest BCUT2D eigenvalue weighted by molar-refractivity contribution is 0.175. The second kappa shape index (κ2) is 5.56. The van der Waals surface area contributed by atoms with Gasteiger partial charge in [-0.2, -0.15) is 0 Å². The highest BCUT2D eigenvalue weighted by Crippen LogP contribution is 2.27. The van der Waals surface area contributed by atoms with E-state index in [4.69, 9.17) is 5.73 Å². The Bertz CT molecular complexity index is 481. The molecule has 110 valence electrons. The summed E-state index contributed by atoms with van der Waals surface area (Å²) < 4.78 is 0. The minimum absolute atomic E-state index is 0.619. The molecule has 2 aliphatic rings. The van der Waals surface area contributed by atoms with Crippen molar-refractivity contribution in [3.8, 4) is 0 Å². The summed E-state index contributed by atoms with van der Waals surface area (Å²) in [5.41, 5.74) is 7.00. The summed E-state index contributed by atoms with van der Waals surface area (Å²) in [7, 11) is 0. The minimum atomic E-state index is 0.619. The fraction of sp³-hybridized carbons (Fsp3) is 0.733. The van der Waals surface area contributed by atoms with Crippen molar-refractivity contribution in [3.63, 3.8) is 0 Å². The molecule has 0 spiro atoms. The number of anilines is 2. The average Bonchev–Trinajstić information content (AvgIpc) is 2.93. The number of nitrogens with two attached hydrogens (primary N) is 1. The van der Waals surface area contributed by atoms with Crippen LogP contribution in [0.4, 0.5) is 11.6 Å². The van der Waals surface area contributed by atoms with Crippen LogP contribution in [0.1, 0.15) is 37.1 Å². The lowest BCUT2D eigenvalue weighted by Crippen LogP contribution is -2.41. The maximum absolute atomic E-state index is 5.98. The van der Waals surface area contributed by atoms with E-state index in [1.807, 2.05) is 13.8 Å². The van der Waals surface area contributed by atoms with E-state index in [0.717, 1.165) is 30.3 Å². The Kier molecular flexibility index (Phi) is 3.78. The Labute approximate surface area is 121 Å². The molecule has 0 bridgehead atoms.